The van der Waals surface area contributed by atoms with E-state index in [9.17, 15) is 5.11 Å². The normalized spacial score (nSPS) is 39.6. The molecule has 124 valence electrons. The van der Waals surface area contributed by atoms with Gasteiger partial charge >= 0.3 is 0 Å². The van der Waals surface area contributed by atoms with Gasteiger partial charge in [0.25, 0.3) is 0 Å². The maximum Gasteiger partial charge on any atom is 0.0615 e. The molecule has 2 rings (SSSR count). The van der Waals surface area contributed by atoms with Gasteiger partial charge in [0.1, 0.15) is 0 Å². The molecule has 0 aromatic rings. The first-order chi connectivity index (χ1) is 9.91. The van der Waals surface area contributed by atoms with E-state index < -0.39 is 0 Å². The van der Waals surface area contributed by atoms with E-state index in [1.165, 1.54) is 32.1 Å². The van der Waals surface area contributed by atoms with Gasteiger partial charge in [-0.2, -0.15) is 0 Å². The molecule has 0 heterocycles. The Hall–Kier alpha value is -0.120. The molecule has 0 bridgehead atoms. The van der Waals surface area contributed by atoms with E-state index in [-0.39, 0.29) is 12.1 Å². The Balaban J connectivity index is 1.79. The van der Waals surface area contributed by atoms with Gasteiger partial charge in [0, 0.05) is 12.1 Å². The average Bonchev–Trinajstić information content (AvgIpc) is 2.80. The van der Waals surface area contributed by atoms with E-state index in [4.69, 9.17) is 4.74 Å². The SMILES string of the molecule is CNC1(CO)CCCC1CCOC1CC(C)CC(C)(C)C1. The second-order valence-electron chi connectivity index (χ2n) is 8.35. The Labute approximate surface area is 130 Å². The van der Waals surface area contributed by atoms with Crippen LogP contribution < -0.4 is 5.32 Å². The first-order valence-corrected chi connectivity index (χ1v) is 8.82. The van der Waals surface area contributed by atoms with E-state index >= 15 is 0 Å². The molecule has 3 heteroatoms. The summed E-state index contributed by atoms with van der Waals surface area (Å²) in [5.74, 6) is 1.33. The summed E-state index contributed by atoms with van der Waals surface area (Å²) in [5, 5.41) is 13.1. The van der Waals surface area contributed by atoms with Crippen LogP contribution in [0.5, 0.6) is 0 Å². The van der Waals surface area contributed by atoms with Gasteiger partial charge in [-0.1, -0.05) is 27.2 Å². The highest BCUT2D eigenvalue weighted by Gasteiger charge is 2.41. The van der Waals surface area contributed by atoms with Crippen molar-refractivity contribution in [2.75, 3.05) is 20.3 Å². The zero-order valence-electron chi connectivity index (χ0n) is 14.5. The van der Waals surface area contributed by atoms with Crippen molar-refractivity contribution in [2.24, 2.45) is 17.3 Å². The molecule has 0 aromatic heterocycles. The van der Waals surface area contributed by atoms with Crippen LogP contribution in [0, 0.1) is 17.3 Å². The maximum atomic E-state index is 9.74. The molecule has 0 spiro atoms. The van der Waals surface area contributed by atoms with Crippen molar-refractivity contribution < 1.29 is 9.84 Å². The second-order valence-corrected chi connectivity index (χ2v) is 8.35. The zero-order valence-corrected chi connectivity index (χ0v) is 14.5. The van der Waals surface area contributed by atoms with Crippen molar-refractivity contribution in [1.82, 2.24) is 5.32 Å². The minimum atomic E-state index is -0.0531. The van der Waals surface area contributed by atoms with Crippen LogP contribution in [0.15, 0.2) is 0 Å². The third-order valence-corrected chi connectivity index (χ3v) is 5.90. The summed E-state index contributed by atoms with van der Waals surface area (Å²) in [5.41, 5.74) is 0.373. The van der Waals surface area contributed by atoms with Gasteiger partial charge < -0.3 is 15.2 Å². The molecule has 4 unspecified atom stereocenters. The summed E-state index contributed by atoms with van der Waals surface area (Å²) in [6, 6.07) is 0. The molecule has 2 aliphatic carbocycles. The van der Waals surface area contributed by atoms with Crippen LogP contribution >= 0.6 is 0 Å². The van der Waals surface area contributed by atoms with E-state index in [1.54, 1.807) is 0 Å². The Morgan fingerprint density at radius 2 is 2.05 bits per heavy atom. The molecule has 2 saturated carbocycles. The van der Waals surface area contributed by atoms with Gasteiger partial charge in [0.15, 0.2) is 0 Å². The highest BCUT2D eigenvalue weighted by atomic mass is 16.5. The molecular weight excluding hydrogens is 262 g/mol. The predicted octanol–water partition coefficient (Wildman–Crippen LogP) is 3.36. The summed E-state index contributed by atoms with van der Waals surface area (Å²) in [7, 11) is 1.99. The topological polar surface area (TPSA) is 41.5 Å². The third-order valence-electron chi connectivity index (χ3n) is 5.90. The molecule has 2 fully saturated rings. The van der Waals surface area contributed by atoms with Gasteiger partial charge in [-0.3, -0.25) is 0 Å². The van der Waals surface area contributed by atoms with Gasteiger partial charge in [0.2, 0.25) is 0 Å². The van der Waals surface area contributed by atoms with Gasteiger partial charge in [-0.25, -0.2) is 0 Å². The van der Waals surface area contributed by atoms with Crippen molar-refractivity contribution in [2.45, 2.75) is 77.4 Å². The summed E-state index contributed by atoms with van der Waals surface area (Å²) < 4.78 is 6.22. The Bertz CT molecular complexity index is 325. The Morgan fingerprint density at radius 1 is 1.29 bits per heavy atom. The van der Waals surface area contributed by atoms with Crippen LogP contribution in [0.3, 0.4) is 0 Å². The number of likely N-dealkylation sites (N-methyl/N-ethyl adjacent to an activating group) is 1. The van der Waals surface area contributed by atoms with Crippen LogP contribution in [-0.2, 0) is 4.74 Å². The van der Waals surface area contributed by atoms with Gasteiger partial charge in [-0.15, -0.1) is 0 Å². The molecule has 0 saturated heterocycles. The summed E-state index contributed by atoms with van der Waals surface area (Å²) in [4.78, 5) is 0. The largest absolute Gasteiger partial charge is 0.394 e. The number of hydrogen-bond donors (Lipinski definition) is 2. The first kappa shape index (κ1) is 17.2. The lowest BCUT2D eigenvalue weighted by molar-refractivity contribution is -0.0309. The van der Waals surface area contributed by atoms with Crippen LogP contribution in [0.2, 0.25) is 0 Å². The van der Waals surface area contributed by atoms with Gasteiger partial charge in [0.05, 0.1) is 12.7 Å². The van der Waals surface area contributed by atoms with Crippen LogP contribution in [0.1, 0.15) is 65.7 Å². The van der Waals surface area contributed by atoms with Gasteiger partial charge in [-0.05, 0) is 62.8 Å². The lowest BCUT2D eigenvalue weighted by Gasteiger charge is -2.39. The summed E-state index contributed by atoms with van der Waals surface area (Å²) in [6.07, 6.45) is 8.78. The minimum Gasteiger partial charge on any atom is -0.394 e. The van der Waals surface area contributed by atoms with Crippen molar-refractivity contribution in [3.8, 4) is 0 Å². The molecule has 0 aliphatic heterocycles. The number of aliphatic hydroxyl groups excluding tert-OH is 1. The monoisotopic (exact) mass is 297 g/mol. The molecule has 3 nitrogen and oxygen atoms in total. The smallest absolute Gasteiger partial charge is 0.0615 e. The summed E-state index contributed by atoms with van der Waals surface area (Å²) >= 11 is 0. The van der Waals surface area contributed by atoms with Crippen LogP contribution in [0.4, 0.5) is 0 Å². The number of aliphatic hydroxyl groups is 1. The molecule has 4 atom stereocenters. The van der Waals surface area contributed by atoms with Crippen molar-refractivity contribution in [1.29, 1.82) is 0 Å². The number of rotatable bonds is 6. The molecule has 21 heavy (non-hydrogen) atoms. The zero-order chi connectivity index (χ0) is 15.5. The Morgan fingerprint density at radius 3 is 2.67 bits per heavy atom. The average molecular weight is 297 g/mol. The second kappa shape index (κ2) is 6.97. The van der Waals surface area contributed by atoms with E-state index in [1.807, 2.05) is 7.05 Å². The molecule has 2 N–H and O–H groups in total. The van der Waals surface area contributed by atoms with Crippen molar-refractivity contribution >= 4 is 0 Å². The number of nitrogens with one attached hydrogen (secondary N) is 1. The number of hydrogen-bond acceptors (Lipinski definition) is 3. The quantitative estimate of drug-likeness (QED) is 0.790. The molecule has 0 aromatic carbocycles. The molecular formula is C18H35NO2. The lowest BCUT2D eigenvalue weighted by atomic mass is 9.71. The molecule has 0 amide bonds. The standard InChI is InChI=1S/C18H35NO2/c1-14-10-16(12-17(2,3)11-14)21-9-7-15-6-5-8-18(15,13-20)19-4/h14-16,19-20H,5-13H2,1-4H3. The van der Waals surface area contributed by atoms with Crippen LogP contribution in [-0.4, -0.2) is 37.0 Å². The molecule has 0 radical (unpaired) electrons. The highest BCUT2D eigenvalue weighted by Crippen LogP contribution is 2.41. The highest BCUT2D eigenvalue weighted by molar-refractivity contribution is 4.98. The maximum absolute atomic E-state index is 9.74. The number of ether oxygens (including phenoxy) is 1. The van der Waals surface area contributed by atoms with E-state index in [2.05, 4.69) is 26.1 Å². The van der Waals surface area contributed by atoms with Crippen LogP contribution in [0.25, 0.3) is 0 Å². The summed E-state index contributed by atoms with van der Waals surface area (Å²) in [6.45, 7) is 8.19. The van der Waals surface area contributed by atoms with E-state index in [0.29, 0.717) is 17.4 Å². The van der Waals surface area contributed by atoms with Crippen molar-refractivity contribution in [3.63, 3.8) is 0 Å². The predicted molar refractivity (Wildman–Crippen MR) is 87.4 cm³/mol. The fraction of sp³-hybridized carbons (Fsp3) is 1.00. The molecule has 2 aliphatic rings. The first-order valence-electron chi connectivity index (χ1n) is 8.82. The minimum absolute atomic E-state index is 0.0531. The van der Waals surface area contributed by atoms with Crippen molar-refractivity contribution in [3.05, 3.63) is 0 Å². The third kappa shape index (κ3) is 4.20. The van der Waals surface area contributed by atoms with E-state index in [0.717, 1.165) is 25.4 Å². The lowest BCUT2D eigenvalue weighted by Crippen LogP contribution is -2.49. The Kier molecular flexibility index (Phi) is 5.72. The fourth-order valence-corrected chi connectivity index (χ4v) is 4.94. The fourth-order valence-electron chi connectivity index (χ4n) is 4.94.